The van der Waals surface area contributed by atoms with Crippen molar-refractivity contribution in [3.63, 3.8) is 0 Å². The van der Waals surface area contributed by atoms with Crippen molar-refractivity contribution in [3.8, 4) is 0 Å². The highest BCUT2D eigenvalue weighted by molar-refractivity contribution is 8.24. The lowest BCUT2D eigenvalue weighted by Crippen LogP contribution is -2.28. The lowest BCUT2D eigenvalue weighted by atomic mass is 10.1. The number of benzene rings is 1. The molecule has 1 aromatic rings. The zero-order valence-electron chi connectivity index (χ0n) is 9.25. The molecule has 0 aromatic heterocycles. The van der Waals surface area contributed by atoms with Crippen LogP contribution < -0.4 is 0 Å². The Labute approximate surface area is 130 Å². The molecule has 1 aliphatic heterocycles. The number of thiocarbonyl (C=S) groups is 1. The van der Waals surface area contributed by atoms with Crippen molar-refractivity contribution in [1.82, 2.24) is 4.90 Å². The van der Waals surface area contributed by atoms with E-state index in [-0.39, 0.29) is 11.2 Å². The van der Waals surface area contributed by atoms with E-state index >= 15 is 0 Å². The van der Waals surface area contributed by atoms with Gasteiger partial charge in [0.2, 0.25) is 5.91 Å². The van der Waals surface area contributed by atoms with E-state index in [2.05, 4.69) is 0 Å². The molecule has 0 bridgehead atoms. The Morgan fingerprint density at radius 2 is 1.94 bits per heavy atom. The fraction of sp³-hybridized carbons (Fsp3) is 0.273. The molecule has 2 nitrogen and oxygen atoms in total. The van der Waals surface area contributed by atoms with Crippen LogP contribution >= 0.6 is 58.8 Å². The third-order valence-corrected chi connectivity index (χ3v) is 5.54. The second-order valence-corrected chi connectivity index (χ2v) is 6.82. The van der Waals surface area contributed by atoms with Crippen molar-refractivity contribution in [2.24, 2.45) is 0 Å². The zero-order valence-corrected chi connectivity index (χ0v) is 13.1. The van der Waals surface area contributed by atoms with Gasteiger partial charge in [-0.2, -0.15) is 0 Å². The van der Waals surface area contributed by atoms with Crippen LogP contribution in [0, 0.1) is 0 Å². The van der Waals surface area contributed by atoms with Crippen molar-refractivity contribution in [2.45, 2.75) is 11.7 Å². The summed E-state index contributed by atoms with van der Waals surface area (Å²) in [7, 11) is 1.67. The minimum Gasteiger partial charge on any atom is -0.300 e. The van der Waals surface area contributed by atoms with Gasteiger partial charge in [-0.25, -0.2) is 0 Å². The van der Waals surface area contributed by atoms with E-state index in [9.17, 15) is 4.79 Å². The molecule has 0 N–H and O–H groups in total. The molecule has 0 aliphatic carbocycles. The first-order valence-corrected chi connectivity index (χ1v) is 7.44. The van der Waals surface area contributed by atoms with Gasteiger partial charge < -0.3 is 0 Å². The van der Waals surface area contributed by atoms with Crippen LogP contribution in [0.2, 0.25) is 15.1 Å². The summed E-state index contributed by atoms with van der Waals surface area (Å²) in [6.07, 6.45) is 0.423. The first-order valence-electron chi connectivity index (χ1n) is 5.02. The van der Waals surface area contributed by atoms with Gasteiger partial charge in [0.15, 0.2) is 0 Å². The Hall–Kier alpha value is -0.000000000000000139. The van der Waals surface area contributed by atoms with E-state index in [4.69, 9.17) is 47.0 Å². The van der Waals surface area contributed by atoms with E-state index in [1.807, 2.05) is 0 Å². The molecule has 7 heteroatoms. The van der Waals surface area contributed by atoms with Crippen molar-refractivity contribution >= 4 is 69.0 Å². The molecule has 1 amide bonds. The smallest absolute Gasteiger partial charge is 0.241 e. The zero-order chi connectivity index (χ0) is 13.4. The largest absolute Gasteiger partial charge is 0.300 e. The van der Waals surface area contributed by atoms with Crippen LogP contribution in [0.15, 0.2) is 12.1 Å². The highest BCUT2D eigenvalue weighted by Crippen LogP contribution is 2.36. The van der Waals surface area contributed by atoms with Crippen LogP contribution in [-0.2, 0) is 11.2 Å². The van der Waals surface area contributed by atoms with Crippen LogP contribution in [0.1, 0.15) is 5.56 Å². The molecular weight excluding hydrogens is 333 g/mol. The number of hydrogen-bond acceptors (Lipinski definition) is 3. The first-order chi connectivity index (χ1) is 8.41. The molecule has 96 valence electrons. The summed E-state index contributed by atoms with van der Waals surface area (Å²) in [6, 6.07) is 3.31. The molecule has 18 heavy (non-hydrogen) atoms. The van der Waals surface area contributed by atoms with Gasteiger partial charge in [0.05, 0.1) is 15.3 Å². The fourth-order valence-electron chi connectivity index (χ4n) is 1.63. The minimum absolute atomic E-state index is 0.0305. The van der Waals surface area contributed by atoms with Crippen molar-refractivity contribution in [2.75, 3.05) is 7.05 Å². The van der Waals surface area contributed by atoms with Crippen LogP contribution in [0.3, 0.4) is 0 Å². The monoisotopic (exact) mass is 339 g/mol. The van der Waals surface area contributed by atoms with Crippen LogP contribution in [0.25, 0.3) is 0 Å². The number of amides is 1. The molecule has 0 spiro atoms. The summed E-state index contributed by atoms with van der Waals surface area (Å²) in [5.74, 6) is -0.0305. The number of nitrogens with zero attached hydrogens (tertiary/aromatic N) is 1. The van der Waals surface area contributed by atoms with Gasteiger partial charge in [0, 0.05) is 12.1 Å². The van der Waals surface area contributed by atoms with Gasteiger partial charge in [-0.1, -0.05) is 58.8 Å². The Balaban J connectivity index is 2.28. The third kappa shape index (κ3) is 2.63. The molecule has 1 unspecified atom stereocenters. The van der Waals surface area contributed by atoms with Gasteiger partial charge in [-0.15, -0.1) is 0 Å². The van der Waals surface area contributed by atoms with E-state index in [1.165, 1.54) is 16.7 Å². The normalized spacial score (nSPS) is 19.8. The Bertz CT molecular complexity index is 535. The highest BCUT2D eigenvalue weighted by atomic mass is 35.5. The number of carbonyl (C=O) groups is 1. The molecular formula is C11H8Cl3NOS2. The van der Waals surface area contributed by atoms with Gasteiger partial charge in [-0.3, -0.25) is 9.69 Å². The van der Waals surface area contributed by atoms with Crippen LogP contribution in [-0.4, -0.2) is 27.4 Å². The van der Waals surface area contributed by atoms with Gasteiger partial charge in [0.1, 0.15) is 4.32 Å². The summed E-state index contributed by atoms with van der Waals surface area (Å²) in [4.78, 5) is 13.4. The Morgan fingerprint density at radius 1 is 1.33 bits per heavy atom. The number of hydrogen-bond donors (Lipinski definition) is 0. The SMILES string of the molecule is CN1C(=O)C(Cc2c(Cl)ccc(Cl)c2Cl)SC1=S. The predicted octanol–water partition coefficient (Wildman–Crippen LogP) is 4.05. The summed E-state index contributed by atoms with van der Waals surface area (Å²) < 4.78 is 0.569. The fourth-order valence-corrected chi connectivity index (χ4v) is 3.77. The second-order valence-electron chi connectivity index (χ2n) is 3.80. The Morgan fingerprint density at radius 3 is 2.50 bits per heavy atom. The minimum atomic E-state index is -0.282. The van der Waals surface area contributed by atoms with Crippen molar-refractivity contribution < 1.29 is 4.79 Å². The Kier molecular flexibility index (Phi) is 4.44. The highest BCUT2D eigenvalue weighted by Gasteiger charge is 2.35. The average molecular weight is 341 g/mol. The lowest BCUT2D eigenvalue weighted by molar-refractivity contribution is -0.125. The molecule has 1 saturated heterocycles. The molecule has 1 aliphatic rings. The van der Waals surface area contributed by atoms with E-state index in [1.54, 1.807) is 19.2 Å². The maximum Gasteiger partial charge on any atom is 0.241 e. The third-order valence-electron chi connectivity index (χ3n) is 2.65. The van der Waals surface area contributed by atoms with E-state index in [0.717, 1.165) is 0 Å². The topological polar surface area (TPSA) is 20.3 Å². The van der Waals surface area contributed by atoms with Crippen molar-refractivity contribution in [1.29, 1.82) is 0 Å². The second kappa shape index (κ2) is 5.55. The molecule has 1 aromatic carbocycles. The first kappa shape index (κ1) is 14.4. The maximum absolute atomic E-state index is 11.9. The van der Waals surface area contributed by atoms with Gasteiger partial charge in [-0.05, 0) is 24.1 Å². The van der Waals surface area contributed by atoms with Crippen LogP contribution in [0.4, 0.5) is 0 Å². The number of rotatable bonds is 2. The van der Waals surface area contributed by atoms with E-state index < -0.39 is 0 Å². The van der Waals surface area contributed by atoms with E-state index in [0.29, 0.717) is 31.4 Å². The number of halogens is 3. The summed E-state index contributed by atoms with van der Waals surface area (Å²) in [6.45, 7) is 0. The molecule has 1 fully saturated rings. The molecule has 2 rings (SSSR count). The standard InChI is InChI=1S/C11H8Cl3NOS2/c1-15-10(16)8(18-11(15)17)4-5-6(12)2-3-7(13)9(5)14/h2-3,8H,4H2,1H3. The average Bonchev–Trinajstić information content (AvgIpc) is 2.57. The summed E-state index contributed by atoms with van der Waals surface area (Å²) in [5.41, 5.74) is 0.690. The summed E-state index contributed by atoms with van der Waals surface area (Å²) in [5, 5.41) is 1.06. The maximum atomic E-state index is 11.9. The summed E-state index contributed by atoms with van der Waals surface area (Å²) >= 11 is 24.6. The van der Waals surface area contributed by atoms with Crippen molar-refractivity contribution in [3.05, 3.63) is 32.8 Å². The number of thioether (sulfide) groups is 1. The number of carbonyl (C=O) groups excluding carboxylic acids is 1. The molecule has 1 atom stereocenters. The molecule has 0 saturated carbocycles. The van der Waals surface area contributed by atoms with Gasteiger partial charge in [0.25, 0.3) is 0 Å². The molecule has 0 radical (unpaired) electrons. The predicted molar refractivity (Wildman–Crippen MR) is 81.9 cm³/mol. The molecule has 1 heterocycles. The van der Waals surface area contributed by atoms with Crippen LogP contribution in [0.5, 0.6) is 0 Å². The van der Waals surface area contributed by atoms with Gasteiger partial charge >= 0.3 is 0 Å². The quantitative estimate of drug-likeness (QED) is 0.598. The lowest BCUT2D eigenvalue weighted by Gasteiger charge is -2.11.